The Kier molecular flexibility index (Phi) is 4.18. The molecule has 1 aromatic heterocycles. The van der Waals surface area contributed by atoms with Crippen LogP contribution in [0.2, 0.25) is 0 Å². The van der Waals surface area contributed by atoms with E-state index in [4.69, 9.17) is 10.3 Å². The van der Waals surface area contributed by atoms with Gasteiger partial charge in [-0.25, -0.2) is 5.84 Å². The van der Waals surface area contributed by atoms with Crippen LogP contribution in [0.4, 0.5) is 0 Å². The second kappa shape index (κ2) is 5.85. The first-order valence-electron chi connectivity index (χ1n) is 6.20. The number of carbonyl (C=O) groups excluding carboxylic acids is 2. The molecule has 2 amide bonds. The number of likely N-dealkylation sites (N-methyl/N-ethyl adjacent to an activating group) is 1. The molecule has 2 heterocycles. The number of amides is 2. The predicted octanol–water partition coefficient (Wildman–Crippen LogP) is -0.406. The zero-order chi connectivity index (χ0) is 13.8. The van der Waals surface area contributed by atoms with Crippen molar-refractivity contribution in [3.63, 3.8) is 0 Å². The molecule has 104 valence electrons. The van der Waals surface area contributed by atoms with Crippen molar-refractivity contribution in [1.29, 1.82) is 0 Å². The molecular formula is C12H18N4O3. The number of hydrogen-bond donors (Lipinski definition) is 3. The fourth-order valence-corrected chi connectivity index (χ4v) is 2.42. The van der Waals surface area contributed by atoms with Gasteiger partial charge < -0.3 is 9.73 Å². The van der Waals surface area contributed by atoms with Gasteiger partial charge in [-0.3, -0.25) is 19.9 Å². The van der Waals surface area contributed by atoms with Crippen molar-refractivity contribution >= 4 is 11.8 Å². The van der Waals surface area contributed by atoms with E-state index in [-0.39, 0.29) is 17.7 Å². The van der Waals surface area contributed by atoms with Crippen LogP contribution in [0.15, 0.2) is 16.7 Å². The average Bonchev–Trinajstić information content (AvgIpc) is 3.06. The van der Waals surface area contributed by atoms with E-state index >= 15 is 0 Å². The summed E-state index contributed by atoms with van der Waals surface area (Å²) in [4.78, 5) is 25.3. The number of nitrogens with zero attached hydrogens (tertiary/aromatic N) is 1. The van der Waals surface area contributed by atoms with Gasteiger partial charge in [0.25, 0.3) is 0 Å². The van der Waals surface area contributed by atoms with Crippen molar-refractivity contribution in [2.24, 2.45) is 5.84 Å². The quantitative estimate of drug-likeness (QED) is 0.391. The lowest BCUT2D eigenvalue weighted by Gasteiger charge is -2.22. The summed E-state index contributed by atoms with van der Waals surface area (Å²) in [5.41, 5.74) is 2.78. The van der Waals surface area contributed by atoms with Crippen molar-refractivity contribution in [1.82, 2.24) is 15.6 Å². The summed E-state index contributed by atoms with van der Waals surface area (Å²) in [6, 6.07) is 1.58. The maximum absolute atomic E-state index is 11.8. The van der Waals surface area contributed by atoms with E-state index in [1.807, 2.05) is 10.3 Å². The van der Waals surface area contributed by atoms with Gasteiger partial charge in [0, 0.05) is 19.2 Å². The van der Waals surface area contributed by atoms with Crippen LogP contribution in [0.5, 0.6) is 0 Å². The Morgan fingerprint density at radius 3 is 3.05 bits per heavy atom. The van der Waals surface area contributed by atoms with Crippen LogP contribution in [0, 0.1) is 0 Å². The minimum absolute atomic E-state index is 0.00539. The largest absolute Gasteiger partial charge is 0.459 e. The van der Waals surface area contributed by atoms with E-state index in [0.717, 1.165) is 24.9 Å². The SMILES string of the molecule is CNC(=O)C1CCCN1Cc1ccoc1C(=O)NN. The molecule has 19 heavy (non-hydrogen) atoms. The number of nitrogen functional groups attached to an aromatic ring is 1. The van der Waals surface area contributed by atoms with Crippen molar-refractivity contribution < 1.29 is 14.0 Å². The Bertz CT molecular complexity index is 471. The highest BCUT2D eigenvalue weighted by Crippen LogP contribution is 2.22. The fraction of sp³-hybridized carbons (Fsp3) is 0.500. The van der Waals surface area contributed by atoms with Gasteiger partial charge in [0.1, 0.15) is 0 Å². The number of carbonyl (C=O) groups is 2. The van der Waals surface area contributed by atoms with E-state index in [1.54, 1.807) is 13.1 Å². The van der Waals surface area contributed by atoms with Gasteiger partial charge in [0.2, 0.25) is 5.91 Å². The molecule has 1 atom stereocenters. The van der Waals surface area contributed by atoms with Gasteiger partial charge in [-0.2, -0.15) is 0 Å². The summed E-state index contributed by atoms with van der Waals surface area (Å²) in [5.74, 6) is 4.84. The Morgan fingerprint density at radius 2 is 2.37 bits per heavy atom. The van der Waals surface area contributed by atoms with Crippen LogP contribution in [-0.4, -0.2) is 36.3 Å². The zero-order valence-corrected chi connectivity index (χ0v) is 10.8. The van der Waals surface area contributed by atoms with E-state index in [2.05, 4.69) is 5.32 Å². The summed E-state index contributed by atoms with van der Waals surface area (Å²) in [5, 5.41) is 2.66. The molecule has 0 radical (unpaired) electrons. The fourth-order valence-electron chi connectivity index (χ4n) is 2.42. The minimum Gasteiger partial charge on any atom is -0.459 e. The molecular weight excluding hydrogens is 248 g/mol. The first-order chi connectivity index (χ1) is 9.17. The Morgan fingerprint density at radius 1 is 1.58 bits per heavy atom. The molecule has 1 fully saturated rings. The van der Waals surface area contributed by atoms with Crippen LogP contribution < -0.4 is 16.6 Å². The number of likely N-dealkylation sites (tertiary alicyclic amines) is 1. The molecule has 2 rings (SSSR count). The number of hydrogen-bond acceptors (Lipinski definition) is 5. The monoisotopic (exact) mass is 266 g/mol. The highest BCUT2D eigenvalue weighted by Gasteiger charge is 2.31. The molecule has 0 saturated carbocycles. The average molecular weight is 266 g/mol. The van der Waals surface area contributed by atoms with Gasteiger partial charge in [-0.1, -0.05) is 0 Å². The molecule has 7 heteroatoms. The number of hydrazine groups is 1. The molecule has 0 bridgehead atoms. The molecule has 1 aliphatic rings. The first kappa shape index (κ1) is 13.6. The van der Waals surface area contributed by atoms with Crippen LogP contribution in [-0.2, 0) is 11.3 Å². The molecule has 0 spiro atoms. The van der Waals surface area contributed by atoms with Crippen molar-refractivity contribution in [3.8, 4) is 0 Å². The standard InChI is InChI=1S/C12H18N4O3/c1-14-11(17)9-3-2-5-16(9)7-8-4-6-19-10(8)12(18)15-13/h4,6,9H,2-3,5,7,13H2,1H3,(H,14,17)(H,15,18). The molecule has 1 aromatic rings. The number of furan rings is 1. The normalized spacial score (nSPS) is 19.4. The number of rotatable bonds is 4. The van der Waals surface area contributed by atoms with Gasteiger partial charge in [-0.15, -0.1) is 0 Å². The second-order valence-electron chi connectivity index (χ2n) is 4.49. The second-order valence-corrected chi connectivity index (χ2v) is 4.49. The summed E-state index contributed by atoms with van der Waals surface area (Å²) in [6.07, 6.45) is 3.25. The smallest absolute Gasteiger partial charge is 0.301 e. The van der Waals surface area contributed by atoms with Crippen molar-refractivity contribution in [3.05, 3.63) is 23.7 Å². The molecule has 7 nitrogen and oxygen atoms in total. The number of nitrogens with two attached hydrogens (primary N) is 1. The van der Waals surface area contributed by atoms with Crippen LogP contribution >= 0.6 is 0 Å². The maximum atomic E-state index is 11.8. The van der Waals surface area contributed by atoms with Crippen LogP contribution in [0.1, 0.15) is 29.0 Å². The lowest BCUT2D eigenvalue weighted by Crippen LogP contribution is -2.41. The Hall–Kier alpha value is -1.86. The third kappa shape index (κ3) is 2.77. The third-order valence-electron chi connectivity index (χ3n) is 3.37. The van der Waals surface area contributed by atoms with E-state index in [1.165, 1.54) is 6.26 Å². The van der Waals surface area contributed by atoms with Gasteiger partial charge >= 0.3 is 5.91 Å². The van der Waals surface area contributed by atoms with Crippen molar-refractivity contribution in [2.45, 2.75) is 25.4 Å². The number of nitrogens with one attached hydrogen (secondary N) is 2. The molecule has 1 aliphatic heterocycles. The van der Waals surface area contributed by atoms with Crippen molar-refractivity contribution in [2.75, 3.05) is 13.6 Å². The first-order valence-corrected chi connectivity index (χ1v) is 6.20. The predicted molar refractivity (Wildman–Crippen MR) is 67.9 cm³/mol. The summed E-state index contributed by atoms with van der Waals surface area (Å²) in [6.45, 7) is 1.32. The topological polar surface area (TPSA) is 101 Å². The third-order valence-corrected chi connectivity index (χ3v) is 3.37. The van der Waals surface area contributed by atoms with Gasteiger partial charge in [0.15, 0.2) is 5.76 Å². The van der Waals surface area contributed by atoms with E-state index in [0.29, 0.717) is 6.54 Å². The molecule has 0 aliphatic carbocycles. The molecule has 1 unspecified atom stereocenters. The van der Waals surface area contributed by atoms with E-state index in [9.17, 15) is 9.59 Å². The van der Waals surface area contributed by atoms with E-state index < -0.39 is 5.91 Å². The highest BCUT2D eigenvalue weighted by atomic mass is 16.3. The highest BCUT2D eigenvalue weighted by molar-refractivity contribution is 5.92. The minimum atomic E-state index is -0.462. The Balaban J connectivity index is 2.10. The zero-order valence-electron chi connectivity index (χ0n) is 10.8. The van der Waals surface area contributed by atoms with Crippen LogP contribution in [0.3, 0.4) is 0 Å². The maximum Gasteiger partial charge on any atom is 0.301 e. The molecule has 0 aromatic carbocycles. The van der Waals surface area contributed by atoms with Crippen LogP contribution in [0.25, 0.3) is 0 Å². The lowest BCUT2D eigenvalue weighted by molar-refractivity contribution is -0.125. The summed E-state index contributed by atoms with van der Waals surface area (Å²) in [7, 11) is 1.63. The lowest BCUT2D eigenvalue weighted by atomic mass is 10.2. The van der Waals surface area contributed by atoms with Gasteiger partial charge in [0.05, 0.1) is 12.3 Å². The Labute approximate surface area is 111 Å². The molecule has 1 saturated heterocycles. The molecule has 4 N–H and O–H groups in total. The summed E-state index contributed by atoms with van der Waals surface area (Å²) < 4.78 is 5.13. The van der Waals surface area contributed by atoms with Gasteiger partial charge in [-0.05, 0) is 25.5 Å². The summed E-state index contributed by atoms with van der Waals surface area (Å²) >= 11 is 0.